The van der Waals surface area contributed by atoms with Crippen molar-refractivity contribution in [3.8, 4) is 0 Å². The normalized spacial score (nSPS) is 24.0. The molecule has 0 heterocycles. The van der Waals surface area contributed by atoms with Crippen LogP contribution in [0.4, 0.5) is 0 Å². The molecule has 1 aliphatic carbocycles. The average molecular weight is 308 g/mol. The summed E-state index contributed by atoms with van der Waals surface area (Å²) < 4.78 is 0. The number of benzene rings is 1. The maximum Gasteiger partial charge on any atom is 0.0438 e. The molecule has 1 saturated carbocycles. The van der Waals surface area contributed by atoms with Gasteiger partial charge in [-0.25, -0.2) is 0 Å². The zero-order valence-electron chi connectivity index (χ0n) is 13.8. The van der Waals surface area contributed by atoms with E-state index in [0.29, 0.717) is 6.04 Å². The highest BCUT2D eigenvalue weighted by molar-refractivity contribution is 6.31. The molecule has 0 amide bonds. The van der Waals surface area contributed by atoms with Gasteiger partial charge in [0, 0.05) is 11.1 Å². The molecule has 118 valence electrons. The minimum atomic E-state index is 0.470. The van der Waals surface area contributed by atoms with Crippen LogP contribution in [0.15, 0.2) is 18.2 Å². The highest BCUT2D eigenvalue weighted by Gasteiger charge is 2.28. The lowest BCUT2D eigenvalue weighted by atomic mass is 9.75. The van der Waals surface area contributed by atoms with E-state index in [1.165, 1.54) is 49.7 Å². The standard InChI is InChI=1S/C19H30ClN/c1-4-11-21-19(16-8-6-7-15(5-2)12-16)17-10-9-14(3)18(20)13-17/h9-10,13,15-16,19,21H,4-8,11-12H2,1-3H3. The molecule has 2 heteroatoms. The number of halogens is 1. The second kappa shape index (κ2) is 8.19. The van der Waals surface area contributed by atoms with Gasteiger partial charge in [-0.15, -0.1) is 0 Å². The minimum absolute atomic E-state index is 0.470. The molecule has 3 unspecified atom stereocenters. The molecule has 0 spiro atoms. The van der Waals surface area contributed by atoms with Crippen LogP contribution < -0.4 is 5.32 Å². The van der Waals surface area contributed by atoms with Gasteiger partial charge in [0.25, 0.3) is 0 Å². The van der Waals surface area contributed by atoms with Crippen molar-refractivity contribution in [1.82, 2.24) is 5.32 Å². The zero-order chi connectivity index (χ0) is 15.2. The van der Waals surface area contributed by atoms with Crippen LogP contribution in [-0.2, 0) is 0 Å². The monoisotopic (exact) mass is 307 g/mol. The lowest BCUT2D eigenvalue weighted by Gasteiger charge is -2.35. The molecular formula is C19H30ClN. The fraction of sp³-hybridized carbons (Fsp3) is 0.684. The molecule has 3 atom stereocenters. The van der Waals surface area contributed by atoms with Gasteiger partial charge in [-0.05, 0) is 61.8 Å². The number of hydrogen-bond donors (Lipinski definition) is 1. The van der Waals surface area contributed by atoms with Gasteiger partial charge < -0.3 is 5.32 Å². The summed E-state index contributed by atoms with van der Waals surface area (Å²) in [5.41, 5.74) is 2.55. The maximum absolute atomic E-state index is 6.36. The van der Waals surface area contributed by atoms with Crippen LogP contribution in [0, 0.1) is 18.8 Å². The van der Waals surface area contributed by atoms with E-state index in [1.54, 1.807) is 0 Å². The van der Waals surface area contributed by atoms with Gasteiger partial charge in [-0.2, -0.15) is 0 Å². The van der Waals surface area contributed by atoms with Crippen molar-refractivity contribution in [3.05, 3.63) is 34.3 Å². The average Bonchev–Trinajstić information content (AvgIpc) is 2.51. The predicted molar refractivity (Wildman–Crippen MR) is 93.0 cm³/mol. The number of hydrogen-bond acceptors (Lipinski definition) is 1. The molecule has 1 aliphatic rings. The summed E-state index contributed by atoms with van der Waals surface area (Å²) in [7, 11) is 0. The zero-order valence-corrected chi connectivity index (χ0v) is 14.5. The van der Waals surface area contributed by atoms with Crippen LogP contribution in [0.25, 0.3) is 0 Å². The molecule has 1 aromatic rings. The molecule has 1 N–H and O–H groups in total. The summed E-state index contributed by atoms with van der Waals surface area (Å²) in [6.07, 6.45) is 8.02. The first kappa shape index (κ1) is 16.8. The van der Waals surface area contributed by atoms with E-state index in [9.17, 15) is 0 Å². The van der Waals surface area contributed by atoms with Crippen molar-refractivity contribution in [2.24, 2.45) is 11.8 Å². The molecule has 1 aromatic carbocycles. The van der Waals surface area contributed by atoms with Crippen LogP contribution in [0.2, 0.25) is 5.02 Å². The van der Waals surface area contributed by atoms with Crippen LogP contribution >= 0.6 is 11.6 Å². The molecule has 0 saturated heterocycles. The molecular weight excluding hydrogens is 278 g/mol. The Kier molecular flexibility index (Phi) is 6.57. The molecule has 1 fully saturated rings. The molecule has 0 aliphatic heterocycles. The Morgan fingerprint density at radius 1 is 1.29 bits per heavy atom. The third-order valence-corrected chi connectivity index (χ3v) is 5.45. The highest BCUT2D eigenvalue weighted by atomic mass is 35.5. The smallest absolute Gasteiger partial charge is 0.0438 e. The number of rotatable bonds is 6. The van der Waals surface area contributed by atoms with E-state index in [4.69, 9.17) is 11.6 Å². The van der Waals surface area contributed by atoms with Crippen LogP contribution in [0.3, 0.4) is 0 Å². The van der Waals surface area contributed by atoms with Crippen LogP contribution in [-0.4, -0.2) is 6.54 Å². The first-order chi connectivity index (χ1) is 10.2. The Morgan fingerprint density at radius 3 is 2.76 bits per heavy atom. The Hall–Kier alpha value is -0.530. The van der Waals surface area contributed by atoms with E-state index in [0.717, 1.165) is 23.4 Å². The van der Waals surface area contributed by atoms with Gasteiger partial charge in [-0.3, -0.25) is 0 Å². The summed E-state index contributed by atoms with van der Waals surface area (Å²) >= 11 is 6.36. The number of aryl methyl sites for hydroxylation is 1. The largest absolute Gasteiger partial charge is 0.310 e. The van der Waals surface area contributed by atoms with Crippen LogP contribution in [0.1, 0.15) is 69.5 Å². The van der Waals surface area contributed by atoms with Crippen molar-refractivity contribution in [3.63, 3.8) is 0 Å². The van der Waals surface area contributed by atoms with Gasteiger partial charge in [0.15, 0.2) is 0 Å². The third-order valence-electron chi connectivity index (χ3n) is 5.04. The quantitative estimate of drug-likeness (QED) is 0.689. The van der Waals surface area contributed by atoms with E-state index < -0.39 is 0 Å². The predicted octanol–water partition coefficient (Wildman–Crippen LogP) is 5.91. The highest BCUT2D eigenvalue weighted by Crippen LogP contribution is 2.39. The van der Waals surface area contributed by atoms with Crippen molar-refractivity contribution in [2.75, 3.05) is 6.54 Å². The summed E-state index contributed by atoms with van der Waals surface area (Å²) in [5, 5.41) is 4.69. The fourth-order valence-electron chi connectivity index (χ4n) is 3.67. The second-order valence-electron chi connectivity index (χ2n) is 6.64. The minimum Gasteiger partial charge on any atom is -0.310 e. The first-order valence-corrected chi connectivity index (χ1v) is 9.02. The molecule has 0 aromatic heterocycles. The fourth-order valence-corrected chi connectivity index (χ4v) is 3.85. The summed E-state index contributed by atoms with van der Waals surface area (Å²) in [6.45, 7) is 7.74. The van der Waals surface area contributed by atoms with Crippen molar-refractivity contribution in [2.45, 2.75) is 65.3 Å². The number of nitrogens with one attached hydrogen (secondary N) is 1. The topological polar surface area (TPSA) is 12.0 Å². The first-order valence-electron chi connectivity index (χ1n) is 8.65. The van der Waals surface area contributed by atoms with Gasteiger partial charge >= 0.3 is 0 Å². The van der Waals surface area contributed by atoms with Gasteiger partial charge in [0.2, 0.25) is 0 Å². The van der Waals surface area contributed by atoms with Gasteiger partial charge in [0.1, 0.15) is 0 Å². The summed E-state index contributed by atoms with van der Waals surface area (Å²) in [5.74, 6) is 1.67. The van der Waals surface area contributed by atoms with Crippen molar-refractivity contribution in [1.29, 1.82) is 0 Å². The Morgan fingerprint density at radius 2 is 2.10 bits per heavy atom. The van der Waals surface area contributed by atoms with Crippen molar-refractivity contribution >= 4 is 11.6 Å². The van der Waals surface area contributed by atoms with E-state index in [-0.39, 0.29) is 0 Å². The third kappa shape index (κ3) is 4.47. The summed E-state index contributed by atoms with van der Waals surface area (Å²) in [6, 6.07) is 7.08. The van der Waals surface area contributed by atoms with E-state index in [2.05, 4.69) is 44.3 Å². The molecule has 1 nitrogen and oxygen atoms in total. The van der Waals surface area contributed by atoms with Crippen LogP contribution in [0.5, 0.6) is 0 Å². The summed E-state index contributed by atoms with van der Waals surface area (Å²) in [4.78, 5) is 0. The lowest BCUT2D eigenvalue weighted by Crippen LogP contribution is -2.32. The second-order valence-corrected chi connectivity index (χ2v) is 7.05. The molecule has 0 bridgehead atoms. The Labute approximate surface area is 135 Å². The SMILES string of the molecule is CCCNC(c1ccc(C)c(Cl)c1)C1CCCC(CC)C1. The molecule has 0 radical (unpaired) electrons. The molecule has 2 rings (SSSR count). The Balaban J connectivity index is 2.18. The Bertz CT molecular complexity index is 443. The van der Waals surface area contributed by atoms with E-state index >= 15 is 0 Å². The maximum atomic E-state index is 6.36. The van der Waals surface area contributed by atoms with E-state index in [1.807, 2.05) is 0 Å². The van der Waals surface area contributed by atoms with Gasteiger partial charge in [0.05, 0.1) is 0 Å². The molecule has 21 heavy (non-hydrogen) atoms. The van der Waals surface area contributed by atoms with Crippen molar-refractivity contribution < 1.29 is 0 Å². The van der Waals surface area contributed by atoms with Gasteiger partial charge in [-0.1, -0.05) is 56.8 Å². The lowest BCUT2D eigenvalue weighted by molar-refractivity contribution is 0.209.